The number of amides is 1. The van der Waals surface area contributed by atoms with Crippen LogP contribution in [-0.2, 0) is 0 Å². The summed E-state index contributed by atoms with van der Waals surface area (Å²) in [6, 6.07) is 17.5. The maximum atomic E-state index is 12.3. The van der Waals surface area contributed by atoms with Crippen molar-refractivity contribution in [3.63, 3.8) is 0 Å². The van der Waals surface area contributed by atoms with Gasteiger partial charge in [-0.2, -0.15) is 0 Å². The molecule has 0 fully saturated rings. The third kappa shape index (κ3) is 2.98. The van der Waals surface area contributed by atoms with E-state index in [0.29, 0.717) is 17.2 Å². The predicted octanol–water partition coefficient (Wildman–Crippen LogP) is 4.61. The van der Waals surface area contributed by atoms with Gasteiger partial charge in [-0.1, -0.05) is 44.2 Å². The Bertz CT molecular complexity index is 807. The molecule has 3 aromatic rings. The number of nitrogens with zero attached hydrogens (tertiary/aromatic N) is 1. The highest BCUT2D eigenvalue weighted by atomic mass is 16.1. The minimum atomic E-state index is -0.118. The number of para-hydroxylation sites is 1. The molecule has 0 radical (unpaired) electrons. The molecule has 3 rings (SSSR count). The topological polar surface area (TPSA) is 42.0 Å². The Hall–Kier alpha value is -2.68. The summed E-state index contributed by atoms with van der Waals surface area (Å²) in [6.45, 7) is 4.27. The van der Waals surface area contributed by atoms with Crippen LogP contribution in [0.3, 0.4) is 0 Å². The lowest BCUT2D eigenvalue weighted by atomic mass is 10.0. The minimum Gasteiger partial charge on any atom is -0.321 e. The first-order valence-corrected chi connectivity index (χ1v) is 7.39. The Morgan fingerprint density at radius 2 is 1.77 bits per heavy atom. The second-order valence-electron chi connectivity index (χ2n) is 5.65. The zero-order chi connectivity index (χ0) is 15.5. The smallest absolute Gasteiger partial charge is 0.255 e. The quantitative estimate of drug-likeness (QED) is 0.765. The van der Waals surface area contributed by atoms with E-state index in [1.807, 2.05) is 54.6 Å². The number of carbonyl (C=O) groups is 1. The molecule has 0 saturated heterocycles. The highest BCUT2D eigenvalue weighted by Gasteiger charge is 2.07. The van der Waals surface area contributed by atoms with Crippen LogP contribution in [0.4, 0.5) is 5.69 Å². The molecule has 1 aromatic heterocycles. The van der Waals surface area contributed by atoms with Gasteiger partial charge in [0.2, 0.25) is 0 Å². The van der Waals surface area contributed by atoms with Gasteiger partial charge in [0.1, 0.15) is 0 Å². The number of pyridine rings is 1. The average Bonchev–Trinajstić information content (AvgIpc) is 2.55. The fourth-order valence-corrected chi connectivity index (χ4v) is 2.36. The van der Waals surface area contributed by atoms with E-state index in [1.54, 1.807) is 6.20 Å². The second-order valence-corrected chi connectivity index (χ2v) is 5.65. The van der Waals surface area contributed by atoms with Gasteiger partial charge in [-0.05, 0) is 35.7 Å². The van der Waals surface area contributed by atoms with Gasteiger partial charge in [-0.15, -0.1) is 0 Å². The molecule has 0 atom stereocenters. The summed E-state index contributed by atoms with van der Waals surface area (Å²) in [7, 11) is 0. The van der Waals surface area contributed by atoms with Crippen molar-refractivity contribution in [1.82, 2.24) is 4.98 Å². The molecule has 0 saturated carbocycles. The van der Waals surface area contributed by atoms with Crippen molar-refractivity contribution in [3.8, 4) is 0 Å². The molecule has 0 spiro atoms. The van der Waals surface area contributed by atoms with Crippen LogP contribution in [0.15, 0.2) is 60.8 Å². The lowest BCUT2D eigenvalue weighted by molar-refractivity contribution is 0.102. The summed E-state index contributed by atoms with van der Waals surface area (Å²) in [5, 5.41) is 3.91. The number of carbonyl (C=O) groups excluding carboxylic acids is 1. The summed E-state index contributed by atoms with van der Waals surface area (Å²) in [6.07, 6.45) is 1.68. The molecule has 1 N–H and O–H groups in total. The van der Waals surface area contributed by atoms with E-state index in [2.05, 4.69) is 24.1 Å². The molecule has 2 aromatic carbocycles. The molecule has 1 heterocycles. The molecule has 0 unspecified atom stereocenters. The monoisotopic (exact) mass is 290 g/mol. The van der Waals surface area contributed by atoms with Gasteiger partial charge in [-0.3, -0.25) is 9.78 Å². The Morgan fingerprint density at radius 1 is 1.05 bits per heavy atom. The second kappa shape index (κ2) is 5.98. The van der Waals surface area contributed by atoms with Crippen LogP contribution in [0.1, 0.15) is 35.7 Å². The first-order valence-electron chi connectivity index (χ1n) is 7.39. The summed E-state index contributed by atoms with van der Waals surface area (Å²) in [4.78, 5) is 16.6. The highest BCUT2D eigenvalue weighted by Crippen LogP contribution is 2.18. The lowest BCUT2D eigenvalue weighted by Crippen LogP contribution is -2.12. The van der Waals surface area contributed by atoms with E-state index in [4.69, 9.17) is 0 Å². The van der Waals surface area contributed by atoms with E-state index < -0.39 is 0 Å². The van der Waals surface area contributed by atoms with Crippen molar-refractivity contribution in [2.75, 3.05) is 5.32 Å². The molecule has 0 aliphatic rings. The van der Waals surface area contributed by atoms with Gasteiger partial charge in [0.15, 0.2) is 0 Å². The molecule has 3 heteroatoms. The normalized spacial score (nSPS) is 10.9. The number of fused-ring (bicyclic) bond motifs is 1. The summed E-state index contributed by atoms with van der Waals surface area (Å²) in [5.41, 5.74) is 3.50. The molecular formula is C19H18N2O. The molecule has 0 aliphatic heterocycles. The fourth-order valence-electron chi connectivity index (χ4n) is 2.36. The van der Waals surface area contributed by atoms with Gasteiger partial charge in [0, 0.05) is 10.9 Å². The molecule has 1 amide bonds. The van der Waals surface area contributed by atoms with E-state index in [-0.39, 0.29) is 5.91 Å². The van der Waals surface area contributed by atoms with Crippen molar-refractivity contribution in [2.24, 2.45) is 0 Å². The highest BCUT2D eigenvalue weighted by molar-refractivity contribution is 6.04. The number of hydrogen-bond donors (Lipinski definition) is 1. The Kier molecular flexibility index (Phi) is 3.88. The van der Waals surface area contributed by atoms with Crippen molar-refractivity contribution in [2.45, 2.75) is 19.8 Å². The van der Waals surface area contributed by atoms with E-state index in [1.165, 1.54) is 5.56 Å². The van der Waals surface area contributed by atoms with Crippen LogP contribution in [-0.4, -0.2) is 10.9 Å². The van der Waals surface area contributed by atoms with E-state index >= 15 is 0 Å². The van der Waals surface area contributed by atoms with Crippen molar-refractivity contribution >= 4 is 22.5 Å². The number of hydrogen-bond acceptors (Lipinski definition) is 2. The SMILES string of the molecule is CC(C)c1ccc(C(=O)Nc2cnc3ccccc3c2)cc1. The number of aromatic nitrogens is 1. The first-order chi connectivity index (χ1) is 10.6. The largest absolute Gasteiger partial charge is 0.321 e. The maximum Gasteiger partial charge on any atom is 0.255 e. The molecule has 0 aliphatic carbocycles. The number of nitrogens with one attached hydrogen (secondary N) is 1. The standard InChI is InChI=1S/C19H18N2O/c1-13(2)14-7-9-15(10-8-14)19(22)21-17-11-16-5-3-4-6-18(16)20-12-17/h3-13H,1-2H3,(H,21,22). The molecular weight excluding hydrogens is 272 g/mol. The van der Waals surface area contributed by atoms with Crippen LogP contribution in [0.25, 0.3) is 10.9 Å². The number of rotatable bonds is 3. The first kappa shape index (κ1) is 14.3. The van der Waals surface area contributed by atoms with Crippen LogP contribution >= 0.6 is 0 Å². The molecule has 3 nitrogen and oxygen atoms in total. The van der Waals surface area contributed by atoms with Crippen LogP contribution in [0.5, 0.6) is 0 Å². The van der Waals surface area contributed by atoms with Gasteiger partial charge < -0.3 is 5.32 Å². The van der Waals surface area contributed by atoms with Crippen molar-refractivity contribution < 1.29 is 4.79 Å². The van der Waals surface area contributed by atoms with E-state index in [0.717, 1.165) is 10.9 Å². The number of benzene rings is 2. The molecule has 22 heavy (non-hydrogen) atoms. The summed E-state index contributed by atoms with van der Waals surface area (Å²) >= 11 is 0. The van der Waals surface area contributed by atoms with Crippen LogP contribution in [0.2, 0.25) is 0 Å². The zero-order valence-corrected chi connectivity index (χ0v) is 12.7. The summed E-state index contributed by atoms with van der Waals surface area (Å²) in [5.74, 6) is 0.342. The molecule has 110 valence electrons. The Labute approximate surface area is 130 Å². The minimum absolute atomic E-state index is 0.118. The average molecular weight is 290 g/mol. The molecule has 0 bridgehead atoms. The third-order valence-corrected chi connectivity index (χ3v) is 3.69. The lowest BCUT2D eigenvalue weighted by Gasteiger charge is -2.08. The number of anilines is 1. The van der Waals surface area contributed by atoms with Gasteiger partial charge in [0.05, 0.1) is 17.4 Å². The predicted molar refractivity (Wildman–Crippen MR) is 90.2 cm³/mol. The van der Waals surface area contributed by atoms with Crippen LogP contribution < -0.4 is 5.32 Å². The van der Waals surface area contributed by atoms with Crippen molar-refractivity contribution in [1.29, 1.82) is 0 Å². The third-order valence-electron chi connectivity index (χ3n) is 3.69. The van der Waals surface area contributed by atoms with Crippen LogP contribution in [0, 0.1) is 0 Å². The Balaban J connectivity index is 1.80. The summed E-state index contributed by atoms with van der Waals surface area (Å²) < 4.78 is 0. The van der Waals surface area contributed by atoms with Crippen molar-refractivity contribution in [3.05, 3.63) is 71.9 Å². The maximum absolute atomic E-state index is 12.3. The van der Waals surface area contributed by atoms with Gasteiger partial charge in [0.25, 0.3) is 5.91 Å². The zero-order valence-electron chi connectivity index (χ0n) is 12.7. The van der Waals surface area contributed by atoms with E-state index in [9.17, 15) is 4.79 Å². The Morgan fingerprint density at radius 3 is 2.50 bits per heavy atom. The fraction of sp³-hybridized carbons (Fsp3) is 0.158. The van der Waals surface area contributed by atoms with Gasteiger partial charge in [-0.25, -0.2) is 0 Å². The van der Waals surface area contributed by atoms with Gasteiger partial charge >= 0.3 is 0 Å².